The van der Waals surface area contributed by atoms with Gasteiger partial charge in [0.2, 0.25) is 0 Å². The molecule has 0 spiro atoms. The number of carbonyl (C=O) groups is 1. The zero-order valence-corrected chi connectivity index (χ0v) is 8.90. The summed E-state index contributed by atoms with van der Waals surface area (Å²) >= 11 is 0. The number of aryl methyl sites for hydroxylation is 1. The van der Waals surface area contributed by atoms with E-state index >= 15 is 0 Å². The maximum absolute atomic E-state index is 11.5. The van der Waals surface area contributed by atoms with Gasteiger partial charge < -0.3 is 5.73 Å². The Labute approximate surface area is 92.4 Å². The molecule has 5 heteroatoms. The van der Waals surface area contributed by atoms with Crippen molar-refractivity contribution in [2.24, 2.45) is 5.73 Å². The van der Waals surface area contributed by atoms with E-state index in [-0.39, 0.29) is 11.5 Å². The van der Waals surface area contributed by atoms with Gasteiger partial charge in [-0.1, -0.05) is 6.07 Å². The maximum atomic E-state index is 11.5. The minimum atomic E-state index is -1.04. The fourth-order valence-electron chi connectivity index (χ4n) is 2.14. The molecule has 0 aromatic heterocycles. The molecule has 0 fully saturated rings. The van der Waals surface area contributed by atoms with Crippen LogP contribution in [0.3, 0.4) is 0 Å². The highest BCUT2D eigenvalue weighted by Crippen LogP contribution is 2.37. The molecule has 0 bridgehead atoms. The Bertz CT molecular complexity index is 484. The first-order valence-electron chi connectivity index (χ1n) is 5.03. The summed E-state index contributed by atoms with van der Waals surface area (Å²) in [6, 6.07) is 4.56. The summed E-state index contributed by atoms with van der Waals surface area (Å²) in [5.41, 5.74) is 6.49. The van der Waals surface area contributed by atoms with Crippen molar-refractivity contribution in [1.29, 1.82) is 0 Å². The predicted molar refractivity (Wildman–Crippen MR) is 58.0 cm³/mol. The first-order valence-corrected chi connectivity index (χ1v) is 5.03. The zero-order chi connectivity index (χ0) is 11.9. The molecule has 1 aliphatic rings. The van der Waals surface area contributed by atoms with Crippen LogP contribution in [0.15, 0.2) is 18.2 Å². The minimum absolute atomic E-state index is 0.0169. The number of nitrogens with zero attached hydrogens (tertiary/aromatic N) is 1. The third-order valence-electron chi connectivity index (χ3n) is 3.20. The number of benzene rings is 1. The molecule has 0 amide bonds. The molecule has 1 aromatic rings. The third-order valence-corrected chi connectivity index (χ3v) is 3.20. The standard InChI is InChI=1S/C11H12N2O3/c1-7(14)11(12)5-4-8-2-3-9(13(15)16)6-10(8)11/h2-3,6H,4-5,12H2,1H3. The Morgan fingerprint density at radius 1 is 1.56 bits per heavy atom. The number of non-ortho nitro benzene ring substituents is 1. The zero-order valence-electron chi connectivity index (χ0n) is 8.90. The van der Waals surface area contributed by atoms with Crippen LogP contribution in [0.2, 0.25) is 0 Å². The van der Waals surface area contributed by atoms with Gasteiger partial charge in [0.1, 0.15) is 5.54 Å². The molecule has 84 valence electrons. The number of carbonyl (C=O) groups excluding carboxylic acids is 1. The van der Waals surface area contributed by atoms with Crippen LogP contribution in [0.4, 0.5) is 5.69 Å². The largest absolute Gasteiger partial charge is 0.315 e. The fourth-order valence-corrected chi connectivity index (χ4v) is 2.14. The van der Waals surface area contributed by atoms with Gasteiger partial charge in [-0.25, -0.2) is 0 Å². The maximum Gasteiger partial charge on any atom is 0.269 e. The van der Waals surface area contributed by atoms with Crippen molar-refractivity contribution >= 4 is 11.5 Å². The summed E-state index contributed by atoms with van der Waals surface area (Å²) in [6.07, 6.45) is 1.22. The van der Waals surface area contributed by atoms with Crippen LogP contribution in [0.25, 0.3) is 0 Å². The molecule has 0 radical (unpaired) electrons. The number of hydrogen-bond donors (Lipinski definition) is 1. The lowest BCUT2D eigenvalue weighted by atomic mass is 9.89. The SMILES string of the molecule is CC(=O)C1(N)CCc2ccc([N+](=O)[O-])cc21. The number of nitrogens with two attached hydrogens (primary N) is 1. The second kappa shape index (κ2) is 3.38. The molecule has 1 aromatic carbocycles. The smallest absolute Gasteiger partial charge is 0.269 e. The molecule has 1 atom stereocenters. The van der Waals surface area contributed by atoms with E-state index in [1.165, 1.54) is 19.1 Å². The summed E-state index contributed by atoms with van der Waals surface area (Å²) in [7, 11) is 0. The monoisotopic (exact) mass is 220 g/mol. The van der Waals surface area contributed by atoms with E-state index < -0.39 is 10.5 Å². The molecule has 0 heterocycles. The van der Waals surface area contributed by atoms with Crippen LogP contribution in [-0.4, -0.2) is 10.7 Å². The lowest BCUT2D eigenvalue weighted by Gasteiger charge is -2.21. The van der Waals surface area contributed by atoms with Crippen LogP contribution in [0, 0.1) is 10.1 Å². The number of Topliss-reactive ketones (excluding diaryl/α,β-unsaturated/α-hetero) is 1. The highest BCUT2D eigenvalue weighted by atomic mass is 16.6. The van der Waals surface area contributed by atoms with E-state index in [0.29, 0.717) is 18.4 Å². The van der Waals surface area contributed by atoms with Crippen LogP contribution < -0.4 is 5.73 Å². The topological polar surface area (TPSA) is 86.2 Å². The van der Waals surface area contributed by atoms with Crippen molar-refractivity contribution in [2.45, 2.75) is 25.3 Å². The molecule has 0 saturated carbocycles. The highest BCUT2D eigenvalue weighted by Gasteiger charge is 2.40. The summed E-state index contributed by atoms with van der Waals surface area (Å²) in [6.45, 7) is 1.42. The van der Waals surface area contributed by atoms with Crippen LogP contribution in [-0.2, 0) is 16.8 Å². The Morgan fingerprint density at radius 2 is 2.25 bits per heavy atom. The van der Waals surface area contributed by atoms with Crippen molar-refractivity contribution in [3.05, 3.63) is 39.4 Å². The molecular weight excluding hydrogens is 208 g/mol. The fraction of sp³-hybridized carbons (Fsp3) is 0.364. The van der Waals surface area contributed by atoms with Crippen LogP contribution >= 0.6 is 0 Å². The number of rotatable bonds is 2. The van der Waals surface area contributed by atoms with E-state index in [2.05, 4.69) is 0 Å². The van der Waals surface area contributed by atoms with Crippen molar-refractivity contribution < 1.29 is 9.72 Å². The van der Waals surface area contributed by atoms with Crippen LogP contribution in [0.1, 0.15) is 24.5 Å². The normalized spacial score (nSPS) is 22.9. The Hall–Kier alpha value is -1.75. The van der Waals surface area contributed by atoms with E-state index in [0.717, 1.165) is 5.56 Å². The molecular formula is C11H12N2O3. The number of hydrogen-bond acceptors (Lipinski definition) is 4. The average Bonchev–Trinajstić information content (AvgIpc) is 2.57. The van der Waals surface area contributed by atoms with Gasteiger partial charge in [-0.2, -0.15) is 0 Å². The Kier molecular flexibility index (Phi) is 2.27. The molecule has 0 aliphatic heterocycles. The summed E-state index contributed by atoms with van der Waals surface area (Å²) in [5.74, 6) is -0.147. The van der Waals surface area contributed by atoms with Crippen LogP contribution in [0.5, 0.6) is 0 Å². The van der Waals surface area contributed by atoms with Gasteiger partial charge in [0.25, 0.3) is 5.69 Å². The number of nitro benzene ring substituents is 1. The quantitative estimate of drug-likeness (QED) is 0.600. The predicted octanol–water partition coefficient (Wildman–Crippen LogP) is 1.28. The van der Waals surface area contributed by atoms with Crippen molar-refractivity contribution in [2.75, 3.05) is 0 Å². The minimum Gasteiger partial charge on any atom is -0.315 e. The molecule has 1 aliphatic carbocycles. The highest BCUT2D eigenvalue weighted by molar-refractivity contribution is 5.88. The summed E-state index contributed by atoms with van der Waals surface area (Å²) in [4.78, 5) is 21.7. The molecule has 0 saturated heterocycles. The number of fused-ring (bicyclic) bond motifs is 1. The second-order valence-electron chi connectivity index (χ2n) is 4.13. The van der Waals surface area contributed by atoms with Gasteiger partial charge in [0.15, 0.2) is 5.78 Å². The molecule has 16 heavy (non-hydrogen) atoms. The lowest BCUT2D eigenvalue weighted by molar-refractivity contribution is -0.384. The van der Waals surface area contributed by atoms with E-state index in [1.807, 2.05) is 0 Å². The first-order chi connectivity index (χ1) is 7.45. The second-order valence-corrected chi connectivity index (χ2v) is 4.13. The van der Waals surface area contributed by atoms with Gasteiger partial charge in [-0.3, -0.25) is 14.9 Å². The summed E-state index contributed by atoms with van der Waals surface area (Å²) in [5, 5.41) is 10.7. The van der Waals surface area contributed by atoms with Crippen molar-refractivity contribution in [3.63, 3.8) is 0 Å². The molecule has 2 rings (SSSR count). The Balaban J connectivity index is 2.57. The van der Waals surface area contributed by atoms with E-state index in [1.54, 1.807) is 6.07 Å². The third kappa shape index (κ3) is 1.40. The molecule has 2 N–H and O–H groups in total. The summed E-state index contributed by atoms with van der Waals surface area (Å²) < 4.78 is 0. The van der Waals surface area contributed by atoms with Crippen molar-refractivity contribution in [3.8, 4) is 0 Å². The van der Waals surface area contributed by atoms with Gasteiger partial charge in [0.05, 0.1) is 4.92 Å². The van der Waals surface area contributed by atoms with Gasteiger partial charge in [-0.05, 0) is 30.9 Å². The van der Waals surface area contributed by atoms with Crippen molar-refractivity contribution in [1.82, 2.24) is 0 Å². The average molecular weight is 220 g/mol. The lowest BCUT2D eigenvalue weighted by Crippen LogP contribution is -2.41. The Morgan fingerprint density at radius 3 is 2.81 bits per heavy atom. The first kappa shape index (κ1) is 10.8. The van der Waals surface area contributed by atoms with Gasteiger partial charge in [0, 0.05) is 12.1 Å². The van der Waals surface area contributed by atoms with Gasteiger partial charge in [-0.15, -0.1) is 0 Å². The number of ketones is 1. The van der Waals surface area contributed by atoms with E-state index in [9.17, 15) is 14.9 Å². The molecule has 1 unspecified atom stereocenters. The molecule has 5 nitrogen and oxygen atoms in total. The van der Waals surface area contributed by atoms with E-state index in [4.69, 9.17) is 5.73 Å². The number of nitro groups is 1. The van der Waals surface area contributed by atoms with Gasteiger partial charge >= 0.3 is 0 Å².